The smallest absolute Gasteiger partial charge is 0.172 e. The summed E-state index contributed by atoms with van der Waals surface area (Å²) < 4.78 is 12.2. The second-order valence-corrected chi connectivity index (χ2v) is 7.09. The van der Waals surface area contributed by atoms with Crippen molar-refractivity contribution >= 4 is 5.78 Å². The summed E-state index contributed by atoms with van der Waals surface area (Å²) in [5.74, 6) is 1.01. The van der Waals surface area contributed by atoms with Gasteiger partial charge in [-0.1, -0.05) is 65.8 Å². The zero-order valence-corrected chi connectivity index (χ0v) is 16.4. The molecule has 30 heavy (non-hydrogen) atoms. The van der Waals surface area contributed by atoms with Gasteiger partial charge >= 0.3 is 0 Å². The maximum absolute atomic E-state index is 12.8. The number of benzene rings is 3. The minimum atomic E-state index is -0.666. The number of fused-ring (bicyclic) bond motifs is 1. The molecule has 1 atom stereocenters. The average molecular weight is 399 g/mol. The van der Waals surface area contributed by atoms with Gasteiger partial charge in [-0.05, 0) is 41.6 Å². The molecule has 150 valence electrons. The minimum absolute atomic E-state index is 0.173. The van der Waals surface area contributed by atoms with Crippen LogP contribution in [-0.4, -0.2) is 11.8 Å². The number of hydrogen-bond donors (Lipinski definition) is 0. The van der Waals surface area contributed by atoms with E-state index in [9.17, 15) is 4.79 Å². The fraction of sp³-hybridized carbons (Fsp3) is 0.208. The normalized spacial score (nSPS) is 15.1. The van der Waals surface area contributed by atoms with Crippen molar-refractivity contribution in [2.75, 3.05) is 0 Å². The summed E-state index contributed by atoms with van der Waals surface area (Å²) in [6.45, 7) is 0.767. The lowest BCUT2D eigenvalue weighted by Gasteiger charge is -2.24. The molecule has 3 aromatic carbocycles. The van der Waals surface area contributed by atoms with Crippen LogP contribution in [0.3, 0.4) is 0 Å². The Morgan fingerprint density at radius 3 is 2.17 bits per heavy atom. The van der Waals surface area contributed by atoms with Crippen LogP contribution in [0.15, 0.2) is 77.9 Å². The third-order valence-electron chi connectivity index (χ3n) is 5.11. The minimum Gasteiger partial charge on any atom is -0.485 e. The van der Waals surface area contributed by atoms with Crippen molar-refractivity contribution in [3.05, 3.63) is 105 Å². The van der Waals surface area contributed by atoms with Gasteiger partial charge in [-0.15, -0.1) is 0 Å². The second kappa shape index (κ2) is 9.16. The summed E-state index contributed by atoms with van der Waals surface area (Å²) in [6, 6.07) is 22.6. The average Bonchev–Trinajstić information content (AvgIpc) is 2.80. The molecule has 6 heteroatoms. The number of carbonyl (C=O) groups is 1. The molecule has 0 bridgehead atoms. The Hall–Kier alpha value is -3.76. The van der Waals surface area contributed by atoms with E-state index in [1.807, 2.05) is 60.7 Å². The number of carbonyl (C=O) groups excluding carboxylic acids is 1. The van der Waals surface area contributed by atoms with Gasteiger partial charge in [0.15, 0.2) is 17.3 Å². The standard InChI is InChI=1S/C24H21N3O3/c25-27-26-21-13-11-20-19(23(21)28)12-14-22(29-15-17-7-3-1-4-8-17)24(20)30-16-18-9-5-2-6-10-18/h1-10,12,14,21H,11,13,15-16H2. The molecule has 1 aliphatic rings. The van der Waals surface area contributed by atoms with Crippen LogP contribution >= 0.6 is 0 Å². The van der Waals surface area contributed by atoms with Crippen LogP contribution in [0.2, 0.25) is 0 Å². The molecule has 0 heterocycles. The van der Waals surface area contributed by atoms with Gasteiger partial charge in [0.05, 0.1) is 0 Å². The van der Waals surface area contributed by atoms with E-state index in [-0.39, 0.29) is 5.78 Å². The quantitative estimate of drug-likeness (QED) is 0.292. The predicted octanol–water partition coefficient (Wildman–Crippen LogP) is 5.65. The summed E-state index contributed by atoms with van der Waals surface area (Å²) >= 11 is 0. The molecule has 0 spiro atoms. The maximum atomic E-state index is 12.8. The number of ketones is 1. The third kappa shape index (κ3) is 4.29. The number of ether oxygens (including phenoxy) is 2. The third-order valence-corrected chi connectivity index (χ3v) is 5.11. The lowest BCUT2D eigenvalue weighted by atomic mass is 9.86. The van der Waals surface area contributed by atoms with Gasteiger partial charge in [-0.25, -0.2) is 0 Å². The highest BCUT2D eigenvalue weighted by atomic mass is 16.5. The van der Waals surface area contributed by atoms with Crippen LogP contribution in [0, 0.1) is 0 Å². The van der Waals surface area contributed by atoms with Crippen LogP contribution in [0.5, 0.6) is 11.5 Å². The van der Waals surface area contributed by atoms with Crippen molar-refractivity contribution in [3.63, 3.8) is 0 Å². The molecule has 0 aromatic heterocycles. The van der Waals surface area contributed by atoms with Crippen molar-refractivity contribution in [1.29, 1.82) is 0 Å². The number of azide groups is 1. The highest BCUT2D eigenvalue weighted by Gasteiger charge is 2.30. The molecule has 6 nitrogen and oxygen atoms in total. The van der Waals surface area contributed by atoms with Crippen LogP contribution < -0.4 is 9.47 Å². The Balaban J connectivity index is 1.65. The summed E-state index contributed by atoms with van der Waals surface area (Å²) in [5.41, 5.74) is 12.2. The summed E-state index contributed by atoms with van der Waals surface area (Å²) in [6.07, 6.45) is 1.04. The lowest BCUT2D eigenvalue weighted by molar-refractivity contribution is 0.0947. The molecule has 0 amide bonds. The molecule has 0 saturated carbocycles. The van der Waals surface area contributed by atoms with Crippen molar-refractivity contribution in [2.45, 2.75) is 32.1 Å². The van der Waals surface area contributed by atoms with Crippen molar-refractivity contribution in [1.82, 2.24) is 0 Å². The molecule has 1 aliphatic carbocycles. The first kappa shape index (κ1) is 19.6. The van der Waals surface area contributed by atoms with Crippen molar-refractivity contribution in [2.24, 2.45) is 5.11 Å². The molecule has 4 rings (SSSR count). The van der Waals surface area contributed by atoms with Gasteiger partial charge in [0, 0.05) is 16.0 Å². The van der Waals surface area contributed by atoms with Gasteiger partial charge < -0.3 is 9.47 Å². The van der Waals surface area contributed by atoms with Gasteiger partial charge in [0.2, 0.25) is 0 Å². The monoisotopic (exact) mass is 399 g/mol. The predicted molar refractivity (Wildman–Crippen MR) is 114 cm³/mol. The lowest BCUT2D eigenvalue weighted by Crippen LogP contribution is -2.26. The molecule has 0 radical (unpaired) electrons. The molecule has 0 fully saturated rings. The molecule has 1 unspecified atom stereocenters. The van der Waals surface area contributed by atoms with E-state index < -0.39 is 6.04 Å². The van der Waals surface area contributed by atoms with Gasteiger partial charge in [-0.2, -0.15) is 0 Å². The van der Waals surface area contributed by atoms with Crippen LogP contribution in [0.4, 0.5) is 0 Å². The molecular weight excluding hydrogens is 378 g/mol. The van der Waals surface area contributed by atoms with E-state index in [2.05, 4.69) is 10.0 Å². The SMILES string of the molecule is [N-]=[N+]=NC1CCc2c(ccc(OCc3ccccc3)c2OCc2ccccc2)C1=O. The van der Waals surface area contributed by atoms with Gasteiger partial charge in [-0.3, -0.25) is 4.79 Å². The summed E-state index contributed by atoms with van der Waals surface area (Å²) in [7, 11) is 0. The highest BCUT2D eigenvalue weighted by Crippen LogP contribution is 2.39. The Bertz CT molecular complexity index is 1080. The van der Waals surface area contributed by atoms with E-state index >= 15 is 0 Å². The Morgan fingerprint density at radius 1 is 0.900 bits per heavy atom. The van der Waals surface area contributed by atoms with Gasteiger partial charge in [0.1, 0.15) is 19.3 Å². The van der Waals surface area contributed by atoms with Crippen molar-refractivity contribution in [3.8, 4) is 11.5 Å². The fourth-order valence-corrected chi connectivity index (χ4v) is 3.59. The first-order chi connectivity index (χ1) is 14.8. The molecule has 0 N–H and O–H groups in total. The molecule has 0 aliphatic heterocycles. The maximum Gasteiger partial charge on any atom is 0.172 e. The fourth-order valence-electron chi connectivity index (χ4n) is 3.59. The molecule has 3 aromatic rings. The van der Waals surface area contributed by atoms with E-state index in [0.717, 1.165) is 16.7 Å². The topological polar surface area (TPSA) is 84.3 Å². The highest BCUT2D eigenvalue weighted by molar-refractivity contribution is 6.03. The summed E-state index contributed by atoms with van der Waals surface area (Å²) in [4.78, 5) is 15.6. The molecular formula is C24H21N3O3. The van der Waals surface area contributed by atoms with E-state index in [1.54, 1.807) is 12.1 Å². The first-order valence-electron chi connectivity index (χ1n) is 9.84. The first-order valence-corrected chi connectivity index (χ1v) is 9.84. The Morgan fingerprint density at radius 2 is 1.53 bits per heavy atom. The molecule has 0 saturated heterocycles. The van der Waals surface area contributed by atoms with Crippen molar-refractivity contribution < 1.29 is 14.3 Å². The van der Waals surface area contributed by atoms with Crippen LogP contribution in [0.25, 0.3) is 10.4 Å². The second-order valence-electron chi connectivity index (χ2n) is 7.09. The number of hydrogen-bond acceptors (Lipinski definition) is 4. The number of rotatable bonds is 7. The zero-order chi connectivity index (χ0) is 20.8. The zero-order valence-electron chi connectivity index (χ0n) is 16.4. The van der Waals surface area contributed by atoms with E-state index in [0.29, 0.717) is 43.1 Å². The summed E-state index contributed by atoms with van der Waals surface area (Å²) in [5, 5.41) is 3.64. The van der Waals surface area contributed by atoms with E-state index in [4.69, 9.17) is 15.0 Å². The van der Waals surface area contributed by atoms with Crippen LogP contribution in [0.1, 0.15) is 33.5 Å². The number of nitrogens with zero attached hydrogens (tertiary/aromatic N) is 3. The van der Waals surface area contributed by atoms with Gasteiger partial charge in [0.25, 0.3) is 0 Å². The van der Waals surface area contributed by atoms with Crippen LogP contribution in [-0.2, 0) is 19.6 Å². The Kier molecular flexibility index (Phi) is 5.97. The number of Topliss-reactive ketones (excluding diaryl/α,β-unsaturated/α-hetero) is 1. The Labute approximate surface area is 174 Å². The largest absolute Gasteiger partial charge is 0.485 e. The van der Waals surface area contributed by atoms with E-state index in [1.165, 1.54) is 0 Å².